The number of nitrogens with zero attached hydrogens (tertiary/aromatic N) is 4. The van der Waals surface area contributed by atoms with Crippen LogP contribution in [0.3, 0.4) is 0 Å². The third kappa shape index (κ3) is 3.40. The number of nitriles is 1. The molecule has 4 nitrogen and oxygen atoms in total. The largest absolute Gasteiger partial charge is 0.274 e. The quantitative estimate of drug-likeness (QED) is 0.600. The van der Waals surface area contributed by atoms with E-state index in [1.165, 1.54) is 5.56 Å². The van der Waals surface area contributed by atoms with E-state index in [-0.39, 0.29) is 0 Å². The van der Waals surface area contributed by atoms with Crippen LogP contribution in [0.25, 0.3) is 5.69 Å². The highest BCUT2D eigenvalue weighted by Gasteiger charge is 2.12. The molecule has 0 fully saturated rings. The Bertz CT molecular complexity index is 613. The van der Waals surface area contributed by atoms with Crippen LogP contribution in [0.15, 0.2) is 29.4 Å². The second-order valence-corrected chi connectivity index (χ2v) is 5.68. The molecule has 2 aromatic rings. The van der Waals surface area contributed by atoms with Gasteiger partial charge in [0.1, 0.15) is 5.82 Å². The first-order valence-electron chi connectivity index (χ1n) is 6.72. The molecule has 0 atom stereocenters. The first-order chi connectivity index (χ1) is 9.74. The molecule has 1 aromatic carbocycles. The van der Waals surface area contributed by atoms with Crippen LogP contribution in [0, 0.1) is 25.2 Å². The van der Waals surface area contributed by atoms with Crippen molar-refractivity contribution in [1.29, 1.82) is 5.26 Å². The van der Waals surface area contributed by atoms with Crippen molar-refractivity contribution in [2.45, 2.75) is 38.3 Å². The molecule has 0 spiro atoms. The summed E-state index contributed by atoms with van der Waals surface area (Å²) in [4.78, 5) is 0. The van der Waals surface area contributed by atoms with Crippen molar-refractivity contribution in [2.75, 3.05) is 5.75 Å². The molecular weight excluding hydrogens is 268 g/mol. The lowest BCUT2D eigenvalue weighted by Crippen LogP contribution is -2.01. The second-order valence-electron chi connectivity index (χ2n) is 4.62. The number of hydrogen-bond donors (Lipinski definition) is 0. The molecule has 0 amide bonds. The van der Waals surface area contributed by atoms with Gasteiger partial charge < -0.3 is 0 Å². The van der Waals surface area contributed by atoms with E-state index in [9.17, 15) is 0 Å². The Hall–Kier alpha value is -1.80. The summed E-state index contributed by atoms with van der Waals surface area (Å²) in [6, 6.07) is 10.4. The van der Waals surface area contributed by atoms with Gasteiger partial charge in [0.15, 0.2) is 5.16 Å². The molecule has 1 heterocycles. The Morgan fingerprint density at radius 3 is 2.75 bits per heavy atom. The molecular formula is C15H18N4S. The molecule has 0 saturated heterocycles. The number of para-hydroxylation sites is 1. The second kappa shape index (κ2) is 7.11. The van der Waals surface area contributed by atoms with Crippen LogP contribution in [0.4, 0.5) is 0 Å². The highest BCUT2D eigenvalue weighted by molar-refractivity contribution is 7.99. The smallest absolute Gasteiger partial charge is 0.195 e. The molecule has 5 heteroatoms. The van der Waals surface area contributed by atoms with Crippen LogP contribution in [-0.4, -0.2) is 20.5 Å². The lowest BCUT2D eigenvalue weighted by Gasteiger charge is -2.10. The Morgan fingerprint density at radius 2 is 2.00 bits per heavy atom. The van der Waals surface area contributed by atoms with Crippen LogP contribution in [0.2, 0.25) is 0 Å². The zero-order valence-corrected chi connectivity index (χ0v) is 12.7. The van der Waals surface area contributed by atoms with Gasteiger partial charge in [0.25, 0.3) is 0 Å². The first-order valence-corrected chi connectivity index (χ1v) is 7.70. The van der Waals surface area contributed by atoms with E-state index < -0.39 is 0 Å². The van der Waals surface area contributed by atoms with E-state index >= 15 is 0 Å². The van der Waals surface area contributed by atoms with Gasteiger partial charge in [-0.1, -0.05) is 30.0 Å². The maximum atomic E-state index is 8.53. The third-order valence-corrected chi connectivity index (χ3v) is 4.08. The van der Waals surface area contributed by atoms with Crippen molar-refractivity contribution in [2.24, 2.45) is 0 Å². The van der Waals surface area contributed by atoms with Gasteiger partial charge >= 0.3 is 0 Å². The fourth-order valence-electron chi connectivity index (χ4n) is 2.00. The molecule has 0 aliphatic rings. The van der Waals surface area contributed by atoms with E-state index in [1.807, 2.05) is 19.1 Å². The van der Waals surface area contributed by atoms with E-state index in [0.717, 1.165) is 35.3 Å². The number of aromatic nitrogens is 3. The normalized spacial score (nSPS) is 10.4. The SMILES string of the molecule is Cc1ccccc1-n1c(C)nnc1SCCCCC#N. The van der Waals surface area contributed by atoms with Gasteiger partial charge in [0.2, 0.25) is 0 Å². The van der Waals surface area contributed by atoms with Crippen LogP contribution >= 0.6 is 11.8 Å². The Labute approximate surface area is 123 Å². The summed E-state index contributed by atoms with van der Waals surface area (Å²) >= 11 is 1.70. The van der Waals surface area contributed by atoms with Gasteiger partial charge in [-0.25, -0.2) is 0 Å². The Balaban J connectivity index is 2.12. The summed E-state index contributed by atoms with van der Waals surface area (Å²) in [5, 5.41) is 17.9. The summed E-state index contributed by atoms with van der Waals surface area (Å²) in [7, 11) is 0. The van der Waals surface area contributed by atoms with E-state index in [0.29, 0.717) is 6.42 Å². The van der Waals surface area contributed by atoms with Crippen molar-refractivity contribution in [1.82, 2.24) is 14.8 Å². The minimum absolute atomic E-state index is 0.629. The van der Waals surface area contributed by atoms with Crippen LogP contribution in [-0.2, 0) is 0 Å². The molecule has 0 N–H and O–H groups in total. The van der Waals surface area contributed by atoms with E-state index in [4.69, 9.17) is 5.26 Å². The number of benzene rings is 1. The zero-order valence-electron chi connectivity index (χ0n) is 11.8. The van der Waals surface area contributed by atoms with Crippen LogP contribution < -0.4 is 0 Å². The molecule has 2 rings (SSSR count). The monoisotopic (exact) mass is 286 g/mol. The van der Waals surface area contributed by atoms with Gasteiger partial charge in [0, 0.05) is 12.2 Å². The summed E-state index contributed by atoms with van der Waals surface area (Å²) < 4.78 is 2.10. The summed E-state index contributed by atoms with van der Waals surface area (Å²) in [6.45, 7) is 4.06. The molecule has 1 aromatic heterocycles. The number of rotatable bonds is 6. The van der Waals surface area contributed by atoms with Gasteiger partial charge in [-0.3, -0.25) is 4.57 Å². The average molecular weight is 286 g/mol. The number of thioether (sulfide) groups is 1. The van der Waals surface area contributed by atoms with Crippen molar-refractivity contribution >= 4 is 11.8 Å². The van der Waals surface area contributed by atoms with Crippen LogP contribution in [0.5, 0.6) is 0 Å². The molecule has 0 aliphatic heterocycles. The lowest BCUT2D eigenvalue weighted by molar-refractivity contribution is 0.820. The molecule has 0 unspecified atom stereocenters. The van der Waals surface area contributed by atoms with Crippen molar-refractivity contribution < 1.29 is 0 Å². The predicted octanol–water partition coefficient (Wildman–Crippen LogP) is 3.67. The van der Waals surface area contributed by atoms with Crippen molar-refractivity contribution in [3.63, 3.8) is 0 Å². The zero-order chi connectivity index (χ0) is 14.4. The average Bonchev–Trinajstić information content (AvgIpc) is 2.80. The first kappa shape index (κ1) is 14.6. The minimum atomic E-state index is 0.629. The molecule has 104 valence electrons. The molecule has 0 aliphatic carbocycles. The van der Waals surface area contributed by atoms with Gasteiger partial charge in [-0.2, -0.15) is 5.26 Å². The van der Waals surface area contributed by atoms with Gasteiger partial charge in [0.05, 0.1) is 11.8 Å². The number of unbranched alkanes of at least 4 members (excludes halogenated alkanes) is 2. The summed E-state index contributed by atoms with van der Waals surface area (Å²) in [5.74, 6) is 1.87. The van der Waals surface area contributed by atoms with E-state index in [2.05, 4.69) is 39.9 Å². The standard InChI is InChI=1S/C15H18N4S/c1-12-8-4-5-9-14(12)19-13(2)17-18-15(19)20-11-7-3-6-10-16/h4-5,8-9H,3,6-7,11H2,1-2H3. The minimum Gasteiger partial charge on any atom is -0.274 e. The molecule has 0 saturated carbocycles. The third-order valence-electron chi connectivity index (χ3n) is 3.07. The number of aryl methyl sites for hydroxylation is 2. The Kier molecular flexibility index (Phi) is 5.19. The highest BCUT2D eigenvalue weighted by Crippen LogP contribution is 2.24. The lowest BCUT2D eigenvalue weighted by atomic mass is 10.2. The predicted molar refractivity (Wildman–Crippen MR) is 81.0 cm³/mol. The van der Waals surface area contributed by atoms with Gasteiger partial charge in [-0.15, -0.1) is 10.2 Å². The number of hydrogen-bond acceptors (Lipinski definition) is 4. The highest BCUT2D eigenvalue weighted by atomic mass is 32.2. The molecule has 20 heavy (non-hydrogen) atoms. The maximum absolute atomic E-state index is 8.53. The van der Waals surface area contributed by atoms with Crippen molar-refractivity contribution in [3.05, 3.63) is 35.7 Å². The summed E-state index contributed by atoms with van der Waals surface area (Å²) in [5.41, 5.74) is 2.34. The molecule has 0 radical (unpaired) electrons. The van der Waals surface area contributed by atoms with Crippen molar-refractivity contribution in [3.8, 4) is 11.8 Å². The Morgan fingerprint density at radius 1 is 1.20 bits per heavy atom. The fraction of sp³-hybridized carbons (Fsp3) is 0.400. The summed E-state index contributed by atoms with van der Waals surface area (Å²) in [6.07, 6.45) is 2.60. The van der Waals surface area contributed by atoms with E-state index in [1.54, 1.807) is 11.8 Å². The topological polar surface area (TPSA) is 54.5 Å². The fourth-order valence-corrected chi connectivity index (χ4v) is 2.99. The van der Waals surface area contributed by atoms with Gasteiger partial charge in [-0.05, 0) is 38.3 Å². The van der Waals surface area contributed by atoms with Crippen LogP contribution in [0.1, 0.15) is 30.7 Å². The molecule has 0 bridgehead atoms. The maximum Gasteiger partial charge on any atom is 0.195 e.